The van der Waals surface area contributed by atoms with Gasteiger partial charge in [0.2, 0.25) is 0 Å². The van der Waals surface area contributed by atoms with Crippen LogP contribution in [0.25, 0.3) is 0 Å². The summed E-state index contributed by atoms with van der Waals surface area (Å²) in [6.45, 7) is 9.71. The normalized spacial score (nSPS) is 13.6. The molecule has 1 aromatic heterocycles. The molecule has 0 saturated heterocycles. The molecule has 0 aromatic carbocycles. The van der Waals surface area contributed by atoms with Gasteiger partial charge < -0.3 is 9.73 Å². The fraction of sp³-hybridized carbons (Fsp3) is 0.692. The van der Waals surface area contributed by atoms with Gasteiger partial charge in [0.05, 0.1) is 12.5 Å². The van der Waals surface area contributed by atoms with Gasteiger partial charge in [-0.25, -0.2) is 0 Å². The van der Waals surface area contributed by atoms with Crippen LogP contribution in [0.2, 0.25) is 0 Å². The van der Waals surface area contributed by atoms with E-state index in [0.29, 0.717) is 12.0 Å². The van der Waals surface area contributed by atoms with E-state index in [9.17, 15) is 0 Å². The highest BCUT2D eigenvalue weighted by molar-refractivity contribution is 5.05. The molecule has 3 nitrogen and oxygen atoms in total. The van der Waals surface area contributed by atoms with Gasteiger partial charge in [0.25, 0.3) is 0 Å². The van der Waals surface area contributed by atoms with E-state index in [1.807, 2.05) is 12.3 Å². The van der Waals surface area contributed by atoms with Gasteiger partial charge in [0.15, 0.2) is 0 Å². The van der Waals surface area contributed by atoms with Crippen LogP contribution in [0.4, 0.5) is 0 Å². The number of furan rings is 1. The maximum Gasteiger partial charge on any atom is 0.0947 e. The molecule has 0 aliphatic rings. The van der Waals surface area contributed by atoms with Crippen molar-refractivity contribution in [1.29, 1.82) is 0 Å². The monoisotopic (exact) mass is 224 g/mol. The van der Waals surface area contributed by atoms with Crippen molar-refractivity contribution in [3.8, 4) is 0 Å². The van der Waals surface area contributed by atoms with Crippen LogP contribution in [-0.4, -0.2) is 31.1 Å². The summed E-state index contributed by atoms with van der Waals surface area (Å²) in [6, 6.07) is 2.59. The number of nitrogens with one attached hydrogen (secondary N) is 1. The summed E-state index contributed by atoms with van der Waals surface area (Å²) in [4.78, 5) is 2.39. The van der Waals surface area contributed by atoms with Crippen molar-refractivity contribution < 1.29 is 4.42 Å². The standard InChI is InChI=1S/C13H24N2O/c1-5-14-8-13(11(2)3)15(4)9-12-6-7-16-10-12/h6-7,10-11,13-14H,5,8-9H2,1-4H3. The fourth-order valence-electron chi connectivity index (χ4n) is 1.98. The van der Waals surface area contributed by atoms with E-state index in [1.54, 1.807) is 6.26 Å². The van der Waals surface area contributed by atoms with Crippen LogP contribution >= 0.6 is 0 Å². The van der Waals surface area contributed by atoms with E-state index in [0.717, 1.165) is 19.6 Å². The zero-order valence-corrected chi connectivity index (χ0v) is 10.9. The molecule has 3 heteroatoms. The summed E-state index contributed by atoms with van der Waals surface area (Å²) in [6.07, 6.45) is 3.55. The molecule has 92 valence electrons. The first kappa shape index (κ1) is 13.3. The highest BCUT2D eigenvalue weighted by Crippen LogP contribution is 2.12. The van der Waals surface area contributed by atoms with Crippen LogP contribution in [0.3, 0.4) is 0 Å². The van der Waals surface area contributed by atoms with Gasteiger partial charge in [-0.2, -0.15) is 0 Å². The second kappa shape index (κ2) is 6.71. The van der Waals surface area contributed by atoms with Gasteiger partial charge in [-0.1, -0.05) is 20.8 Å². The Kier molecular flexibility index (Phi) is 5.56. The molecule has 1 rings (SSSR count). The lowest BCUT2D eigenvalue weighted by atomic mass is 10.0. The summed E-state index contributed by atoms with van der Waals surface area (Å²) < 4.78 is 5.09. The first-order valence-corrected chi connectivity index (χ1v) is 6.07. The summed E-state index contributed by atoms with van der Waals surface area (Å²) in [5.41, 5.74) is 1.24. The van der Waals surface area contributed by atoms with E-state index in [2.05, 4.69) is 38.0 Å². The van der Waals surface area contributed by atoms with Gasteiger partial charge in [0, 0.05) is 24.7 Å². The molecule has 1 N–H and O–H groups in total. The first-order chi connectivity index (χ1) is 7.65. The Bertz CT molecular complexity index is 269. The third-order valence-corrected chi connectivity index (χ3v) is 2.95. The van der Waals surface area contributed by atoms with E-state index in [4.69, 9.17) is 4.42 Å². The lowest BCUT2D eigenvalue weighted by Crippen LogP contribution is -2.43. The van der Waals surface area contributed by atoms with Crippen molar-refractivity contribution in [3.05, 3.63) is 24.2 Å². The van der Waals surface area contributed by atoms with Gasteiger partial charge in [-0.05, 0) is 25.6 Å². The van der Waals surface area contributed by atoms with Crippen LogP contribution in [0.5, 0.6) is 0 Å². The largest absolute Gasteiger partial charge is 0.472 e. The minimum absolute atomic E-state index is 0.565. The summed E-state index contributed by atoms with van der Waals surface area (Å²) in [5, 5.41) is 3.43. The smallest absolute Gasteiger partial charge is 0.0947 e. The molecule has 1 atom stereocenters. The van der Waals surface area contributed by atoms with Crippen LogP contribution in [-0.2, 0) is 6.54 Å². The Balaban J connectivity index is 2.49. The van der Waals surface area contributed by atoms with E-state index in [-0.39, 0.29) is 0 Å². The van der Waals surface area contributed by atoms with Gasteiger partial charge >= 0.3 is 0 Å². The molecule has 0 spiro atoms. The number of rotatable bonds is 7. The van der Waals surface area contributed by atoms with Gasteiger partial charge in [-0.3, -0.25) is 4.90 Å². The fourth-order valence-corrected chi connectivity index (χ4v) is 1.98. The Morgan fingerprint density at radius 2 is 2.19 bits per heavy atom. The number of hydrogen-bond donors (Lipinski definition) is 1. The zero-order valence-electron chi connectivity index (χ0n) is 10.9. The van der Waals surface area contributed by atoms with Crippen molar-refractivity contribution in [2.45, 2.75) is 33.4 Å². The number of nitrogens with zero attached hydrogens (tertiary/aromatic N) is 1. The van der Waals surface area contributed by atoms with Gasteiger partial charge in [0.1, 0.15) is 0 Å². The molecule has 16 heavy (non-hydrogen) atoms. The maximum atomic E-state index is 5.09. The highest BCUT2D eigenvalue weighted by Gasteiger charge is 2.18. The van der Waals surface area contributed by atoms with Crippen molar-refractivity contribution in [2.24, 2.45) is 5.92 Å². The molecule has 0 amide bonds. The van der Waals surface area contributed by atoms with Crippen molar-refractivity contribution in [3.63, 3.8) is 0 Å². The first-order valence-electron chi connectivity index (χ1n) is 6.07. The molecule has 1 aromatic rings. The molecule has 1 heterocycles. The third kappa shape index (κ3) is 3.99. The van der Waals surface area contributed by atoms with Crippen molar-refractivity contribution in [2.75, 3.05) is 20.1 Å². The van der Waals surface area contributed by atoms with Crippen molar-refractivity contribution >= 4 is 0 Å². The molecule has 1 unspecified atom stereocenters. The summed E-state index contributed by atoms with van der Waals surface area (Å²) in [7, 11) is 2.18. The van der Waals surface area contributed by atoms with E-state index in [1.165, 1.54) is 5.56 Å². The maximum absolute atomic E-state index is 5.09. The Labute approximate surface area is 98.8 Å². The predicted octanol–water partition coefficient (Wildman–Crippen LogP) is 2.35. The predicted molar refractivity (Wildman–Crippen MR) is 67.3 cm³/mol. The second-order valence-corrected chi connectivity index (χ2v) is 4.67. The van der Waals surface area contributed by atoms with Crippen LogP contribution in [0.15, 0.2) is 23.0 Å². The Morgan fingerprint density at radius 3 is 2.69 bits per heavy atom. The lowest BCUT2D eigenvalue weighted by Gasteiger charge is -2.31. The molecule has 0 radical (unpaired) electrons. The van der Waals surface area contributed by atoms with Gasteiger partial charge in [-0.15, -0.1) is 0 Å². The van der Waals surface area contributed by atoms with Crippen LogP contribution < -0.4 is 5.32 Å². The number of likely N-dealkylation sites (N-methyl/N-ethyl adjacent to an activating group) is 2. The quantitative estimate of drug-likeness (QED) is 0.770. The third-order valence-electron chi connectivity index (χ3n) is 2.95. The van der Waals surface area contributed by atoms with E-state index < -0.39 is 0 Å². The zero-order chi connectivity index (χ0) is 12.0. The molecule has 0 bridgehead atoms. The van der Waals surface area contributed by atoms with Crippen molar-refractivity contribution in [1.82, 2.24) is 10.2 Å². The highest BCUT2D eigenvalue weighted by atomic mass is 16.3. The minimum Gasteiger partial charge on any atom is -0.472 e. The average molecular weight is 224 g/mol. The Hall–Kier alpha value is -0.800. The topological polar surface area (TPSA) is 28.4 Å². The van der Waals surface area contributed by atoms with Crippen LogP contribution in [0, 0.1) is 5.92 Å². The van der Waals surface area contributed by atoms with Crippen LogP contribution in [0.1, 0.15) is 26.3 Å². The summed E-state index contributed by atoms with van der Waals surface area (Å²) in [5.74, 6) is 0.649. The molecule has 0 saturated carbocycles. The molecular formula is C13H24N2O. The lowest BCUT2D eigenvalue weighted by molar-refractivity contribution is 0.180. The summed E-state index contributed by atoms with van der Waals surface area (Å²) >= 11 is 0. The minimum atomic E-state index is 0.565. The molecule has 0 fully saturated rings. The Morgan fingerprint density at radius 1 is 1.44 bits per heavy atom. The van der Waals surface area contributed by atoms with E-state index >= 15 is 0 Å². The molecule has 0 aliphatic heterocycles. The average Bonchev–Trinajstić information content (AvgIpc) is 2.70. The molecule has 0 aliphatic carbocycles. The second-order valence-electron chi connectivity index (χ2n) is 4.67. The number of hydrogen-bond acceptors (Lipinski definition) is 3. The SMILES string of the molecule is CCNCC(C(C)C)N(C)Cc1ccoc1. The molecular weight excluding hydrogens is 200 g/mol.